The summed E-state index contributed by atoms with van der Waals surface area (Å²) >= 11 is 1.71. The van der Waals surface area contributed by atoms with Gasteiger partial charge in [-0.25, -0.2) is 0 Å². The molecule has 3 N–H and O–H groups in total. The van der Waals surface area contributed by atoms with E-state index < -0.39 is 12.1 Å². The highest BCUT2D eigenvalue weighted by molar-refractivity contribution is 7.98. The van der Waals surface area contributed by atoms with Crippen LogP contribution in [0.3, 0.4) is 0 Å². The van der Waals surface area contributed by atoms with Crippen LogP contribution in [0, 0.1) is 0 Å². The average Bonchev–Trinajstić information content (AvgIpc) is 2.65. The summed E-state index contributed by atoms with van der Waals surface area (Å²) in [6, 6.07) is 9.08. The highest BCUT2D eigenvalue weighted by Gasteiger charge is 2.25. The zero-order valence-corrected chi connectivity index (χ0v) is 15.7. The Kier molecular flexibility index (Phi) is 8.54. The van der Waals surface area contributed by atoms with Crippen molar-refractivity contribution < 1.29 is 14.6 Å². The van der Waals surface area contributed by atoms with Gasteiger partial charge in [0.25, 0.3) is 0 Å². The normalized spacial score (nSPS) is 18.0. The van der Waals surface area contributed by atoms with Crippen molar-refractivity contribution in [3.05, 3.63) is 30.3 Å². The van der Waals surface area contributed by atoms with E-state index in [0.29, 0.717) is 19.6 Å². The molecule has 1 aromatic rings. The van der Waals surface area contributed by atoms with E-state index in [0.717, 1.165) is 31.0 Å². The Morgan fingerprint density at radius 3 is 2.60 bits per heavy atom. The smallest absolute Gasteiger partial charge is 0.239 e. The Morgan fingerprint density at radius 1 is 1.28 bits per heavy atom. The fourth-order valence-electron chi connectivity index (χ4n) is 2.81. The minimum absolute atomic E-state index is 0.0432. The van der Waals surface area contributed by atoms with Crippen molar-refractivity contribution in [1.29, 1.82) is 0 Å². The van der Waals surface area contributed by atoms with E-state index in [2.05, 4.69) is 4.90 Å². The number of aliphatic hydroxyl groups excluding tert-OH is 1. The molecule has 0 aliphatic carbocycles. The number of thioether (sulfide) groups is 1. The van der Waals surface area contributed by atoms with Gasteiger partial charge in [0.1, 0.15) is 18.5 Å². The summed E-state index contributed by atoms with van der Waals surface area (Å²) in [6.45, 7) is 3.65. The number of ether oxygens (including phenoxy) is 1. The van der Waals surface area contributed by atoms with E-state index in [1.807, 2.05) is 41.5 Å². The third-order valence-corrected chi connectivity index (χ3v) is 4.93. The molecule has 0 aromatic heterocycles. The quantitative estimate of drug-likeness (QED) is 0.667. The molecule has 1 fully saturated rings. The molecule has 1 heterocycles. The molecule has 7 heteroatoms. The zero-order valence-electron chi connectivity index (χ0n) is 14.8. The first-order valence-electron chi connectivity index (χ1n) is 8.71. The van der Waals surface area contributed by atoms with E-state index in [-0.39, 0.29) is 12.5 Å². The van der Waals surface area contributed by atoms with Gasteiger partial charge in [-0.1, -0.05) is 18.2 Å². The number of rotatable bonds is 9. The molecule has 1 saturated heterocycles. The fourth-order valence-corrected chi connectivity index (χ4v) is 3.30. The lowest BCUT2D eigenvalue weighted by molar-refractivity contribution is -0.134. The molecular weight excluding hydrogens is 338 g/mol. The van der Waals surface area contributed by atoms with Crippen LogP contribution in [0.5, 0.6) is 5.75 Å². The van der Waals surface area contributed by atoms with Gasteiger partial charge in [0.15, 0.2) is 0 Å². The number of benzene rings is 1. The molecule has 1 unspecified atom stereocenters. The maximum Gasteiger partial charge on any atom is 0.239 e. The number of carbonyl (C=O) groups excluding carboxylic acids is 1. The molecule has 1 aliphatic rings. The third kappa shape index (κ3) is 6.86. The van der Waals surface area contributed by atoms with Crippen LogP contribution in [0.15, 0.2) is 30.3 Å². The number of nitrogens with two attached hydrogens (primary N) is 1. The lowest BCUT2D eigenvalue weighted by atomic mass is 10.2. The van der Waals surface area contributed by atoms with Gasteiger partial charge in [0.2, 0.25) is 5.91 Å². The highest BCUT2D eigenvalue weighted by atomic mass is 32.2. The Hall–Kier alpha value is -1.28. The first-order chi connectivity index (χ1) is 12.1. The number of carbonyl (C=O) groups is 1. The summed E-state index contributed by atoms with van der Waals surface area (Å²) < 4.78 is 5.58. The van der Waals surface area contributed by atoms with E-state index >= 15 is 0 Å². The van der Waals surface area contributed by atoms with Crippen LogP contribution >= 0.6 is 11.8 Å². The van der Waals surface area contributed by atoms with Crippen molar-refractivity contribution in [2.45, 2.75) is 18.6 Å². The van der Waals surface area contributed by atoms with E-state index in [1.54, 1.807) is 11.8 Å². The Bertz CT molecular complexity index is 510. The van der Waals surface area contributed by atoms with E-state index in [9.17, 15) is 9.90 Å². The van der Waals surface area contributed by atoms with Crippen molar-refractivity contribution in [1.82, 2.24) is 9.80 Å². The SMILES string of the molecule is CSCC[C@H](N)C(=O)N1CCN(CC(O)COc2ccccc2)CC1. The Balaban J connectivity index is 1.66. The number of para-hydroxylation sites is 1. The first-order valence-corrected chi connectivity index (χ1v) is 10.1. The van der Waals surface area contributed by atoms with Gasteiger partial charge >= 0.3 is 0 Å². The molecule has 140 valence electrons. The minimum atomic E-state index is -0.550. The molecule has 1 amide bonds. The maximum atomic E-state index is 12.3. The van der Waals surface area contributed by atoms with Gasteiger partial charge in [-0.05, 0) is 30.6 Å². The largest absolute Gasteiger partial charge is 0.491 e. The standard InChI is InChI=1S/C18H29N3O3S/c1-25-12-7-17(19)18(23)21-10-8-20(9-11-21)13-15(22)14-24-16-5-3-2-4-6-16/h2-6,15,17,22H,7-14,19H2,1H3/t15?,17-/m0/s1. The summed E-state index contributed by atoms with van der Waals surface area (Å²) in [5.74, 6) is 1.71. The number of hydrogen-bond acceptors (Lipinski definition) is 6. The Morgan fingerprint density at radius 2 is 1.96 bits per heavy atom. The number of hydrogen-bond donors (Lipinski definition) is 2. The van der Waals surface area contributed by atoms with Crippen molar-refractivity contribution in [2.24, 2.45) is 5.73 Å². The second-order valence-corrected chi connectivity index (χ2v) is 7.28. The third-order valence-electron chi connectivity index (χ3n) is 4.29. The molecule has 0 saturated carbocycles. The minimum Gasteiger partial charge on any atom is -0.491 e. The van der Waals surface area contributed by atoms with Crippen LogP contribution in [-0.2, 0) is 4.79 Å². The molecule has 0 bridgehead atoms. The Labute approximate surface area is 154 Å². The summed E-state index contributed by atoms with van der Waals surface area (Å²) in [5, 5.41) is 10.2. The predicted molar refractivity (Wildman–Crippen MR) is 102 cm³/mol. The van der Waals surface area contributed by atoms with Gasteiger partial charge in [-0.2, -0.15) is 11.8 Å². The van der Waals surface area contributed by atoms with Gasteiger partial charge in [-0.15, -0.1) is 0 Å². The molecule has 1 aromatic carbocycles. The lowest BCUT2D eigenvalue weighted by Gasteiger charge is -2.36. The fraction of sp³-hybridized carbons (Fsp3) is 0.611. The monoisotopic (exact) mass is 367 g/mol. The summed E-state index contributed by atoms with van der Waals surface area (Å²) in [6.07, 6.45) is 2.18. The second kappa shape index (κ2) is 10.7. The number of aliphatic hydroxyl groups is 1. The molecule has 0 radical (unpaired) electrons. The van der Waals surface area contributed by atoms with E-state index in [1.165, 1.54) is 0 Å². The van der Waals surface area contributed by atoms with Crippen LogP contribution < -0.4 is 10.5 Å². The van der Waals surface area contributed by atoms with Crippen molar-refractivity contribution >= 4 is 17.7 Å². The number of nitrogens with zero attached hydrogens (tertiary/aromatic N) is 2. The second-order valence-electron chi connectivity index (χ2n) is 6.29. The summed E-state index contributed by atoms with van der Waals surface area (Å²) in [7, 11) is 0. The van der Waals surface area contributed by atoms with Crippen molar-refractivity contribution in [2.75, 3.05) is 51.3 Å². The number of β-amino-alcohol motifs (C(OH)–C–C–N with tert-alkyl or cyclic N) is 1. The zero-order chi connectivity index (χ0) is 18.1. The summed E-state index contributed by atoms with van der Waals surface area (Å²) in [4.78, 5) is 16.3. The van der Waals surface area contributed by atoms with Crippen LogP contribution in [0.1, 0.15) is 6.42 Å². The first kappa shape index (κ1) is 20.0. The van der Waals surface area contributed by atoms with Gasteiger partial charge in [0, 0.05) is 32.7 Å². The van der Waals surface area contributed by atoms with Gasteiger partial charge < -0.3 is 20.5 Å². The predicted octanol–water partition coefficient (Wildman–Crippen LogP) is 0.651. The van der Waals surface area contributed by atoms with Crippen molar-refractivity contribution in [3.63, 3.8) is 0 Å². The molecular formula is C18H29N3O3S. The van der Waals surface area contributed by atoms with Crippen LogP contribution in [0.4, 0.5) is 0 Å². The van der Waals surface area contributed by atoms with Crippen LogP contribution in [-0.4, -0.2) is 84.3 Å². The molecule has 6 nitrogen and oxygen atoms in total. The van der Waals surface area contributed by atoms with E-state index in [4.69, 9.17) is 10.5 Å². The van der Waals surface area contributed by atoms with Crippen LogP contribution in [0.2, 0.25) is 0 Å². The molecule has 1 aliphatic heterocycles. The number of piperazine rings is 1. The van der Waals surface area contributed by atoms with Gasteiger partial charge in [-0.3, -0.25) is 9.69 Å². The molecule has 2 atom stereocenters. The molecule has 2 rings (SSSR count). The highest BCUT2D eigenvalue weighted by Crippen LogP contribution is 2.10. The molecule has 0 spiro atoms. The molecule has 25 heavy (non-hydrogen) atoms. The average molecular weight is 368 g/mol. The van der Waals surface area contributed by atoms with Gasteiger partial charge in [0.05, 0.1) is 6.04 Å². The van der Waals surface area contributed by atoms with Crippen molar-refractivity contribution in [3.8, 4) is 5.75 Å². The topological polar surface area (TPSA) is 79.0 Å². The lowest BCUT2D eigenvalue weighted by Crippen LogP contribution is -2.54. The summed E-state index contributed by atoms with van der Waals surface area (Å²) in [5.41, 5.74) is 5.97. The maximum absolute atomic E-state index is 12.3. The number of amides is 1. The van der Waals surface area contributed by atoms with Crippen LogP contribution in [0.25, 0.3) is 0 Å².